The average Bonchev–Trinajstić information content (AvgIpc) is 3.03. The molecule has 0 radical (unpaired) electrons. The van der Waals surface area contributed by atoms with Crippen LogP contribution in [0.4, 0.5) is 5.69 Å². The molecule has 0 heterocycles. The van der Waals surface area contributed by atoms with Crippen LogP contribution in [0.15, 0.2) is 22.7 Å². The lowest BCUT2D eigenvalue weighted by molar-refractivity contribution is -0.117. The number of nitrogens with one attached hydrogen (secondary N) is 1. The molecule has 5 heteroatoms. The molecule has 0 aromatic heterocycles. The summed E-state index contributed by atoms with van der Waals surface area (Å²) in [5.74, 6) is 1.15. The lowest BCUT2D eigenvalue weighted by Gasteiger charge is -2.21. The fraction of sp³-hybridized carbons (Fsp3) is 0.500. The lowest BCUT2D eigenvalue weighted by Crippen LogP contribution is -2.20. The quantitative estimate of drug-likeness (QED) is 0.863. The lowest BCUT2D eigenvalue weighted by atomic mass is 9.86. The Morgan fingerprint density at radius 3 is 2.67 bits per heavy atom. The summed E-state index contributed by atoms with van der Waals surface area (Å²) < 4.78 is 0.601. The Morgan fingerprint density at radius 2 is 2.10 bits per heavy atom. The van der Waals surface area contributed by atoms with E-state index in [-0.39, 0.29) is 11.5 Å². The van der Waals surface area contributed by atoms with E-state index in [1.165, 1.54) is 37.8 Å². The summed E-state index contributed by atoms with van der Waals surface area (Å²) in [6, 6.07) is 4.64. The Balaban J connectivity index is 1.61. The maximum atomic E-state index is 12.2. The largest absolute Gasteiger partial charge is 0.478 e. The standard InChI is InChI=1S/C16H18BrNO3/c17-13-7-11(16(20)21)3-4-14(13)18-15(19)8-12-6-9-1-2-10(12)5-9/h3-4,7,9-10,12H,1-2,5-6,8H2,(H,18,19)(H,20,21). The number of rotatable bonds is 4. The summed E-state index contributed by atoms with van der Waals surface area (Å²) in [6.45, 7) is 0. The van der Waals surface area contributed by atoms with Gasteiger partial charge in [-0.25, -0.2) is 4.79 Å². The van der Waals surface area contributed by atoms with Crippen molar-refractivity contribution in [1.82, 2.24) is 0 Å². The van der Waals surface area contributed by atoms with Crippen LogP contribution in [-0.2, 0) is 4.79 Å². The minimum Gasteiger partial charge on any atom is -0.478 e. The third-order valence-corrected chi connectivity index (χ3v) is 5.48. The molecule has 3 atom stereocenters. The molecule has 21 heavy (non-hydrogen) atoms. The summed E-state index contributed by atoms with van der Waals surface area (Å²) in [5.41, 5.74) is 0.834. The zero-order valence-corrected chi connectivity index (χ0v) is 13.2. The van der Waals surface area contributed by atoms with Crippen molar-refractivity contribution in [1.29, 1.82) is 0 Å². The number of aromatic carboxylic acids is 1. The van der Waals surface area contributed by atoms with Gasteiger partial charge in [-0.1, -0.05) is 6.42 Å². The van der Waals surface area contributed by atoms with Gasteiger partial charge in [0.05, 0.1) is 11.3 Å². The van der Waals surface area contributed by atoms with Crippen molar-refractivity contribution in [2.45, 2.75) is 32.1 Å². The van der Waals surface area contributed by atoms with E-state index >= 15 is 0 Å². The summed E-state index contributed by atoms with van der Waals surface area (Å²) in [4.78, 5) is 23.0. The molecule has 4 nitrogen and oxygen atoms in total. The van der Waals surface area contributed by atoms with Crippen LogP contribution in [0.2, 0.25) is 0 Å². The molecule has 3 unspecified atom stereocenters. The minimum absolute atomic E-state index is 0.0244. The van der Waals surface area contributed by atoms with Gasteiger partial charge in [0.2, 0.25) is 5.91 Å². The van der Waals surface area contributed by atoms with Crippen molar-refractivity contribution in [3.05, 3.63) is 28.2 Å². The Morgan fingerprint density at radius 1 is 1.29 bits per heavy atom. The van der Waals surface area contributed by atoms with E-state index in [0.29, 0.717) is 22.5 Å². The predicted octanol–water partition coefficient (Wildman–Crippen LogP) is 3.91. The summed E-state index contributed by atoms with van der Waals surface area (Å²) in [6.07, 6.45) is 5.69. The highest BCUT2D eigenvalue weighted by molar-refractivity contribution is 9.10. The first-order valence-electron chi connectivity index (χ1n) is 7.35. The predicted molar refractivity (Wildman–Crippen MR) is 83.3 cm³/mol. The maximum absolute atomic E-state index is 12.2. The number of fused-ring (bicyclic) bond motifs is 2. The molecule has 2 fully saturated rings. The van der Waals surface area contributed by atoms with Crippen molar-refractivity contribution >= 4 is 33.5 Å². The van der Waals surface area contributed by atoms with Crippen LogP contribution in [0.1, 0.15) is 42.5 Å². The van der Waals surface area contributed by atoms with E-state index in [1.807, 2.05) is 0 Å². The van der Waals surface area contributed by atoms with Crippen LogP contribution in [0.5, 0.6) is 0 Å². The van der Waals surface area contributed by atoms with Crippen LogP contribution in [0.25, 0.3) is 0 Å². The number of benzene rings is 1. The number of halogens is 1. The molecule has 112 valence electrons. The normalized spacial score (nSPS) is 26.8. The molecule has 2 aliphatic carbocycles. The maximum Gasteiger partial charge on any atom is 0.335 e. The average molecular weight is 352 g/mol. The van der Waals surface area contributed by atoms with Crippen molar-refractivity contribution < 1.29 is 14.7 Å². The SMILES string of the molecule is O=C(CC1CC2CCC1C2)Nc1ccc(C(=O)O)cc1Br. The molecule has 2 bridgehead atoms. The number of hydrogen-bond acceptors (Lipinski definition) is 2. The topological polar surface area (TPSA) is 66.4 Å². The van der Waals surface area contributed by atoms with E-state index in [4.69, 9.17) is 5.11 Å². The first-order valence-corrected chi connectivity index (χ1v) is 8.15. The molecule has 3 rings (SSSR count). The Kier molecular flexibility index (Phi) is 4.02. The van der Waals surface area contributed by atoms with Gasteiger partial charge in [-0.15, -0.1) is 0 Å². The van der Waals surface area contributed by atoms with Crippen molar-refractivity contribution in [3.63, 3.8) is 0 Å². The van der Waals surface area contributed by atoms with Crippen molar-refractivity contribution in [2.75, 3.05) is 5.32 Å². The van der Waals surface area contributed by atoms with Gasteiger partial charge >= 0.3 is 5.97 Å². The second-order valence-corrected chi connectivity index (χ2v) is 7.04. The Labute approximate surface area is 132 Å². The zero-order valence-electron chi connectivity index (χ0n) is 11.6. The van der Waals surface area contributed by atoms with Gasteiger partial charge in [0.25, 0.3) is 0 Å². The van der Waals surface area contributed by atoms with E-state index < -0.39 is 5.97 Å². The highest BCUT2D eigenvalue weighted by Crippen LogP contribution is 2.49. The smallest absolute Gasteiger partial charge is 0.335 e. The van der Waals surface area contributed by atoms with Crippen molar-refractivity contribution in [3.8, 4) is 0 Å². The highest BCUT2D eigenvalue weighted by atomic mass is 79.9. The first-order chi connectivity index (χ1) is 10.0. The molecular weight excluding hydrogens is 334 g/mol. The van der Waals surface area contributed by atoms with E-state index in [0.717, 1.165) is 11.8 Å². The minimum atomic E-state index is -0.976. The van der Waals surface area contributed by atoms with E-state index in [2.05, 4.69) is 21.2 Å². The van der Waals surface area contributed by atoms with Gasteiger partial charge in [0, 0.05) is 10.9 Å². The summed E-state index contributed by atoms with van der Waals surface area (Å²) in [7, 11) is 0. The Hall–Kier alpha value is -1.36. The number of carboxylic acids is 1. The summed E-state index contributed by atoms with van der Waals surface area (Å²) >= 11 is 3.31. The van der Waals surface area contributed by atoms with Gasteiger partial charge in [-0.3, -0.25) is 4.79 Å². The highest BCUT2D eigenvalue weighted by Gasteiger charge is 2.40. The fourth-order valence-electron chi connectivity index (χ4n) is 3.82. The molecule has 1 amide bonds. The Bertz CT molecular complexity index is 587. The second kappa shape index (κ2) is 5.79. The molecule has 1 aromatic carbocycles. The van der Waals surface area contributed by atoms with Crippen LogP contribution in [0, 0.1) is 17.8 Å². The molecule has 2 N–H and O–H groups in total. The molecule has 2 saturated carbocycles. The molecule has 2 aliphatic rings. The number of hydrogen-bond donors (Lipinski definition) is 2. The van der Waals surface area contributed by atoms with Gasteiger partial charge in [-0.2, -0.15) is 0 Å². The third kappa shape index (κ3) is 3.12. The first kappa shape index (κ1) is 14.6. The summed E-state index contributed by atoms with van der Waals surface area (Å²) in [5, 5.41) is 11.8. The monoisotopic (exact) mass is 351 g/mol. The number of carbonyl (C=O) groups excluding carboxylic acids is 1. The molecule has 0 spiro atoms. The molecule has 0 aliphatic heterocycles. The van der Waals surface area contributed by atoms with Gasteiger partial charge in [0.1, 0.15) is 0 Å². The van der Waals surface area contributed by atoms with Crippen LogP contribution >= 0.6 is 15.9 Å². The second-order valence-electron chi connectivity index (χ2n) is 6.19. The number of carbonyl (C=O) groups is 2. The number of carboxylic acid groups (broad SMARTS) is 1. The zero-order chi connectivity index (χ0) is 15.0. The van der Waals surface area contributed by atoms with E-state index in [9.17, 15) is 9.59 Å². The third-order valence-electron chi connectivity index (χ3n) is 4.82. The molecule has 1 aromatic rings. The number of anilines is 1. The van der Waals surface area contributed by atoms with Crippen LogP contribution in [0.3, 0.4) is 0 Å². The van der Waals surface area contributed by atoms with Crippen molar-refractivity contribution in [2.24, 2.45) is 17.8 Å². The van der Waals surface area contributed by atoms with E-state index in [1.54, 1.807) is 6.07 Å². The van der Waals surface area contributed by atoms with Gasteiger partial charge < -0.3 is 10.4 Å². The molecular formula is C16H18BrNO3. The molecule has 0 saturated heterocycles. The fourth-order valence-corrected chi connectivity index (χ4v) is 4.29. The van der Waals surface area contributed by atoms with Crippen LogP contribution < -0.4 is 5.32 Å². The van der Waals surface area contributed by atoms with Gasteiger partial charge in [0.15, 0.2) is 0 Å². The van der Waals surface area contributed by atoms with Crippen LogP contribution in [-0.4, -0.2) is 17.0 Å². The number of amides is 1. The van der Waals surface area contributed by atoms with Gasteiger partial charge in [-0.05, 0) is 71.1 Å².